The zero-order chi connectivity index (χ0) is 10.3. The van der Waals surface area contributed by atoms with E-state index in [0.29, 0.717) is 0 Å². The maximum Gasteiger partial charge on any atom is 0.344 e. The number of aliphatic hydroxyl groups is 1. The predicted octanol–water partition coefficient (Wildman–Crippen LogP) is 2.54. The maximum atomic E-state index is 10.5. The summed E-state index contributed by atoms with van der Waals surface area (Å²) in [5.74, 6) is -3.57. The molecule has 0 amide bonds. The molecule has 0 bridgehead atoms. The van der Waals surface area contributed by atoms with E-state index in [1.165, 1.54) is 0 Å². The van der Waals surface area contributed by atoms with E-state index in [0.717, 1.165) is 0 Å². The van der Waals surface area contributed by atoms with Gasteiger partial charge in [0.25, 0.3) is 0 Å². The van der Waals surface area contributed by atoms with Crippen LogP contribution in [0.25, 0.3) is 0 Å². The Balaban J connectivity index is -0.0000000200. The van der Waals surface area contributed by atoms with Crippen LogP contribution in [0.15, 0.2) is 0 Å². The van der Waals surface area contributed by atoms with Crippen molar-refractivity contribution < 1.29 is 34.1 Å². The van der Waals surface area contributed by atoms with Crippen molar-refractivity contribution in [3.63, 3.8) is 0 Å². The Morgan fingerprint density at radius 2 is 1.00 bits per heavy atom. The predicted molar refractivity (Wildman–Crippen MR) is 94.6 cm³/mol. The third kappa shape index (κ3) is 51.5. The molecule has 0 rings (SSSR count). The van der Waals surface area contributed by atoms with Crippen molar-refractivity contribution in [1.29, 1.82) is 0 Å². The highest BCUT2D eigenvalue weighted by Gasteiger charge is 2.06. The number of aliphatic carboxylic acids is 1. The first-order valence-corrected chi connectivity index (χ1v) is 3.18. The highest BCUT2D eigenvalue weighted by molar-refractivity contribution is 5.78. The number of rotatable bonds is 5. The van der Waals surface area contributed by atoms with Crippen LogP contribution >= 0.6 is 0 Å². The average molecular weight is 336 g/mol. The van der Waals surface area contributed by atoms with Gasteiger partial charge in [-0.15, -0.1) is 0 Å². The van der Waals surface area contributed by atoms with Gasteiger partial charge < -0.3 is 24.5 Å². The number of carbonyl (C=O) groups is 3. The van der Waals surface area contributed by atoms with Gasteiger partial charge in [0, 0.05) is 0 Å². The zero-order valence-corrected chi connectivity index (χ0v) is 6.52. The zero-order valence-electron chi connectivity index (χ0n) is 6.52. The summed E-state index contributed by atoms with van der Waals surface area (Å²) in [5, 5.41) is 17.9. The Bertz CT molecular complexity index is 216. The van der Waals surface area contributed by atoms with E-state index in [4.69, 9.17) is 5.11 Å². The number of carboxylic acid groups (broad SMARTS) is 1. The third-order valence-corrected chi connectivity index (χ3v) is 0.831. The van der Waals surface area contributed by atoms with Crippen LogP contribution in [-0.2, 0) is 23.9 Å². The number of ether oxygens (including phenoxy) is 2. The van der Waals surface area contributed by atoms with Crippen molar-refractivity contribution in [3.05, 3.63) is 0 Å². The average Bonchev–Trinajstić information content (AvgIpc) is 2.10. The van der Waals surface area contributed by atoms with Crippen molar-refractivity contribution in [3.8, 4) is 0 Å². The topological polar surface area (TPSA) is 113 Å². The fourth-order valence-electron chi connectivity index (χ4n) is 0.366. The lowest BCUT2D eigenvalue weighted by atomic mass is 10.6. The van der Waals surface area contributed by atoms with Gasteiger partial charge >= 0.3 is 11.9 Å². The highest BCUT2D eigenvalue weighted by atomic mass is 16.6. The Kier molecular flexibility index (Phi) is 138. The van der Waals surface area contributed by atoms with Gasteiger partial charge in [0.2, 0.25) is 0 Å². The lowest BCUT2D eigenvalue weighted by Crippen LogP contribution is -2.30. The Hall–Kier alpha value is -1.63. The normalized spacial score (nSPS) is 5.32. The molecule has 0 saturated heterocycles. The van der Waals surface area contributed by atoms with Gasteiger partial charge in [-0.2, -0.15) is 0 Å². The van der Waals surface area contributed by atoms with E-state index < -0.39 is 37.7 Å². The molecule has 0 aromatic carbocycles. The lowest BCUT2D eigenvalue weighted by Gasteiger charge is -2.04. The second-order valence-electron chi connectivity index (χ2n) is 1.85. The Labute approximate surface area is 139 Å². The summed E-state index contributed by atoms with van der Waals surface area (Å²) in [5.41, 5.74) is 0. The summed E-state index contributed by atoms with van der Waals surface area (Å²) in [4.78, 5) is 30.5. The molecule has 0 aliphatic carbocycles. The van der Waals surface area contributed by atoms with Gasteiger partial charge in [-0.3, -0.25) is 0 Å². The van der Waals surface area contributed by atoms with Gasteiger partial charge in [-0.05, 0) is 0 Å². The standard InChI is InChI=1S/C6H8O7.9CH4/c7-1-5(10)13-3-6(11)12-2-4(8)9;;;;;;;;;/h7H,1-3H2,(H,8,9);9*1H4/p-1. The van der Waals surface area contributed by atoms with Gasteiger partial charge in [0.1, 0.15) is 13.2 Å². The molecule has 0 unspecified atom stereocenters. The first-order valence-electron chi connectivity index (χ1n) is 3.18. The molecule has 0 radical (unpaired) electrons. The van der Waals surface area contributed by atoms with Gasteiger partial charge in [0.05, 0.1) is 5.97 Å². The van der Waals surface area contributed by atoms with Crippen LogP contribution in [0.2, 0.25) is 0 Å². The monoisotopic (exact) mass is 335 g/mol. The molecule has 1 N–H and O–H groups in total. The van der Waals surface area contributed by atoms with Crippen molar-refractivity contribution in [2.24, 2.45) is 0 Å². The summed E-state index contributed by atoms with van der Waals surface area (Å²) in [6, 6.07) is 0. The number of hydrogen-bond acceptors (Lipinski definition) is 7. The van der Waals surface area contributed by atoms with Gasteiger partial charge in [-0.1, -0.05) is 66.8 Å². The summed E-state index contributed by atoms with van der Waals surface area (Å²) >= 11 is 0. The molecule has 7 heteroatoms. The van der Waals surface area contributed by atoms with E-state index >= 15 is 0 Å². The number of esters is 2. The molecule has 0 aromatic heterocycles. The van der Waals surface area contributed by atoms with Crippen molar-refractivity contribution >= 4 is 17.9 Å². The molecule has 0 saturated carbocycles. The summed E-state index contributed by atoms with van der Waals surface area (Å²) in [6.45, 7) is -2.48. The minimum absolute atomic E-state index is 0. The molecule has 146 valence electrons. The largest absolute Gasteiger partial charge is 0.546 e. The first-order chi connectivity index (χ1) is 6.06. The first kappa shape index (κ1) is 71.1. The number of carboxylic acids is 1. The molecular formula is C15H43O7-. The Morgan fingerprint density at radius 3 is 1.27 bits per heavy atom. The molecule has 0 aliphatic heterocycles. The molecule has 0 aliphatic rings. The van der Waals surface area contributed by atoms with Crippen LogP contribution in [-0.4, -0.2) is 42.8 Å². The van der Waals surface area contributed by atoms with Crippen LogP contribution in [0.3, 0.4) is 0 Å². The lowest BCUT2D eigenvalue weighted by molar-refractivity contribution is -0.308. The smallest absolute Gasteiger partial charge is 0.344 e. The fraction of sp³-hybridized carbons (Fsp3) is 0.800. The van der Waals surface area contributed by atoms with Crippen LogP contribution in [0.4, 0.5) is 0 Å². The van der Waals surface area contributed by atoms with Crippen molar-refractivity contribution in [2.45, 2.75) is 66.8 Å². The van der Waals surface area contributed by atoms with E-state index in [1.54, 1.807) is 0 Å². The minimum Gasteiger partial charge on any atom is -0.546 e. The molecule has 0 atom stereocenters. The van der Waals surface area contributed by atoms with Gasteiger partial charge in [0.15, 0.2) is 6.61 Å². The molecule has 0 heterocycles. The Morgan fingerprint density at radius 1 is 0.682 bits per heavy atom. The SMILES string of the molecule is C.C.C.C.C.C.C.C.C.O=C([O-])COC(=O)COC(=O)CO. The quantitative estimate of drug-likeness (QED) is 0.768. The molecule has 0 spiro atoms. The highest BCUT2D eigenvalue weighted by Crippen LogP contribution is 1.82. The van der Waals surface area contributed by atoms with Crippen molar-refractivity contribution in [2.75, 3.05) is 19.8 Å². The summed E-state index contributed by atoms with van der Waals surface area (Å²) < 4.78 is 8.15. The number of carbonyl (C=O) groups excluding carboxylic acids is 3. The fourth-order valence-corrected chi connectivity index (χ4v) is 0.366. The second kappa shape index (κ2) is 42.7. The van der Waals surface area contributed by atoms with Crippen molar-refractivity contribution in [1.82, 2.24) is 0 Å². The minimum atomic E-state index is -1.55. The summed E-state index contributed by atoms with van der Waals surface area (Å²) in [6.07, 6.45) is 0. The molecular weight excluding hydrogens is 292 g/mol. The van der Waals surface area contributed by atoms with Crippen LogP contribution < -0.4 is 5.11 Å². The summed E-state index contributed by atoms with van der Waals surface area (Å²) in [7, 11) is 0. The number of aliphatic hydroxyl groups excluding tert-OH is 1. The maximum absolute atomic E-state index is 10.5. The van der Waals surface area contributed by atoms with Crippen LogP contribution in [0.1, 0.15) is 66.8 Å². The number of hydrogen-bond donors (Lipinski definition) is 1. The van der Waals surface area contributed by atoms with Crippen LogP contribution in [0.5, 0.6) is 0 Å². The molecule has 0 aromatic rings. The third-order valence-electron chi connectivity index (χ3n) is 0.831. The van der Waals surface area contributed by atoms with Gasteiger partial charge in [-0.25, -0.2) is 9.59 Å². The van der Waals surface area contributed by atoms with E-state index in [9.17, 15) is 19.5 Å². The van der Waals surface area contributed by atoms with E-state index in [-0.39, 0.29) is 66.8 Å². The van der Waals surface area contributed by atoms with E-state index in [2.05, 4.69) is 9.47 Å². The van der Waals surface area contributed by atoms with E-state index in [1.807, 2.05) is 0 Å². The van der Waals surface area contributed by atoms with Crippen LogP contribution in [0, 0.1) is 0 Å². The second-order valence-corrected chi connectivity index (χ2v) is 1.85. The molecule has 0 fully saturated rings. The molecule has 22 heavy (non-hydrogen) atoms. The molecule has 7 nitrogen and oxygen atoms in total.